The first-order valence-corrected chi connectivity index (χ1v) is 5.25. The number of aryl methyl sites for hydroxylation is 1. The highest BCUT2D eigenvalue weighted by molar-refractivity contribution is 5.85. The SMILES string of the molecule is C=C1NC=Nc2c1cnn2-c1cnccc1C. The number of hydrogen-bond acceptors (Lipinski definition) is 4. The van der Waals surface area contributed by atoms with Gasteiger partial charge in [-0.05, 0) is 18.6 Å². The first-order chi connectivity index (χ1) is 8.27. The number of aliphatic imine (C=N–C) groups is 1. The molecule has 0 aromatic carbocycles. The normalized spacial score (nSPS) is 13.4. The van der Waals surface area contributed by atoms with E-state index in [1.807, 2.05) is 13.0 Å². The predicted molar refractivity (Wildman–Crippen MR) is 66.4 cm³/mol. The van der Waals surface area contributed by atoms with Crippen molar-refractivity contribution < 1.29 is 0 Å². The molecule has 0 radical (unpaired) electrons. The van der Waals surface area contributed by atoms with E-state index in [9.17, 15) is 0 Å². The Labute approximate surface area is 98.5 Å². The van der Waals surface area contributed by atoms with Crippen LogP contribution >= 0.6 is 0 Å². The molecule has 1 N–H and O–H groups in total. The van der Waals surface area contributed by atoms with Gasteiger partial charge < -0.3 is 5.32 Å². The van der Waals surface area contributed by atoms with Crippen LogP contribution in [0.2, 0.25) is 0 Å². The van der Waals surface area contributed by atoms with Gasteiger partial charge in [0.2, 0.25) is 0 Å². The maximum absolute atomic E-state index is 4.34. The minimum atomic E-state index is 0.782. The Morgan fingerprint density at radius 1 is 1.35 bits per heavy atom. The highest BCUT2D eigenvalue weighted by atomic mass is 15.3. The van der Waals surface area contributed by atoms with Crippen LogP contribution in [0.15, 0.2) is 36.2 Å². The third kappa shape index (κ3) is 1.44. The quantitative estimate of drug-likeness (QED) is 0.805. The van der Waals surface area contributed by atoms with E-state index in [-0.39, 0.29) is 0 Å². The first kappa shape index (κ1) is 9.77. The van der Waals surface area contributed by atoms with Crippen LogP contribution in [0, 0.1) is 6.92 Å². The van der Waals surface area contributed by atoms with Crippen molar-refractivity contribution in [1.29, 1.82) is 0 Å². The fourth-order valence-corrected chi connectivity index (χ4v) is 1.78. The van der Waals surface area contributed by atoms with Crippen LogP contribution in [-0.2, 0) is 0 Å². The molecule has 0 aliphatic carbocycles. The average Bonchev–Trinajstić information content (AvgIpc) is 2.75. The van der Waals surface area contributed by atoms with E-state index in [0.29, 0.717) is 0 Å². The lowest BCUT2D eigenvalue weighted by Gasteiger charge is -2.12. The fraction of sp³-hybridized carbons (Fsp3) is 0.0833. The van der Waals surface area contributed by atoms with E-state index < -0.39 is 0 Å². The number of hydrogen-bond donors (Lipinski definition) is 1. The zero-order valence-electron chi connectivity index (χ0n) is 9.38. The lowest BCUT2D eigenvalue weighted by Crippen LogP contribution is -2.12. The summed E-state index contributed by atoms with van der Waals surface area (Å²) in [6.45, 7) is 5.93. The molecule has 2 aromatic rings. The van der Waals surface area contributed by atoms with Crippen LogP contribution in [0.4, 0.5) is 5.82 Å². The zero-order chi connectivity index (χ0) is 11.8. The molecule has 17 heavy (non-hydrogen) atoms. The third-order valence-electron chi connectivity index (χ3n) is 2.73. The third-order valence-corrected chi connectivity index (χ3v) is 2.73. The molecular weight excluding hydrogens is 214 g/mol. The Balaban J connectivity index is 2.22. The summed E-state index contributed by atoms with van der Waals surface area (Å²) in [6, 6.07) is 1.95. The molecule has 2 aromatic heterocycles. The molecule has 0 saturated carbocycles. The summed E-state index contributed by atoms with van der Waals surface area (Å²) < 4.78 is 1.78. The summed E-state index contributed by atoms with van der Waals surface area (Å²) in [5.41, 5.74) is 3.75. The molecule has 1 aliphatic heterocycles. The summed E-state index contributed by atoms with van der Waals surface area (Å²) in [7, 11) is 0. The van der Waals surface area contributed by atoms with Gasteiger partial charge in [0, 0.05) is 11.9 Å². The molecule has 0 spiro atoms. The van der Waals surface area contributed by atoms with Gasteiger partial charge in [-0.2, -0.15) is 5.10 Å². The van der Waals surface area contributed by atoms with E-state index in [1.165, 1.54) is 0 Å². The standard InChI is InChI=1S/C12H11N5/c1-8-3-4-13-6-11(8)17-12-10(5-16-17)9(2)14-7-15-12/h3-7H,2H2,1H3,(H,14,15). The Hall–Kier alpha value is -2.43. The zero-order valence-corrected chi connectivity index (χ0v) is 9.38. The van der Waals surface area contributed by atoms with Gasteiger partial charge in [-0.3, -0.25) is 4.98 Å². The molecule has 0 amide bonds. The van der Waals surface area contributed by atoms with E-state index in [4.69, 9.17) is 0 Å². The Kier molecular flexibility index (Phi) is 2.04. The molecule has 0 atom stereocenters. The molecule has 3 heterocycles. The predicted octanol–water partition coefficient (Wildman–Crippen LogP) is 1.81. The lowest BCUT2D eigenvalue weighted by atomic mass is 10.2. The van der Waals surface area contributed by atoms with E-state index in [1.54, 1.807) is 29.6 Å². The first-order valence-electron chi connectivity index (χ1n) is 5.25. The molecule has 0 bridgehead atoms. The van der Waals surface area contributed by atoms with Crippen molar-refractivity contribution in [3.63, 3.8) is 0 Å². The average molecular weight is 225 g/mol. The molecule has 0 unspecified atom stereocenters. The van der Waals surface area contributed by atoms with Crippen molar-refractivity contribution in [2.45, 2.75) is 6.92 Å². The fourth-order valence-electron chi connectivity index (χ4n) is 1.78. The summed E-state index contributed by atoms with van der Waals surface area (Å²) in [5.74, 6) is 0.782. The summed E-state index contributed by atoms with van der Waals surface area (Å²) in [5, 5.41) is 7.30. The van der Waals surface area contributed by atoms with Gasteiger partial charge in [0.05, 0.1) is 30.0 Å². The number of pyridine rings is 1. The van der Waals surface area contributed by atoms with Crippen LogP contribution in [0.1, 0.15) is 11.1 Å². The summed E-state index contributed by atoms with van der Waals surface area (Å²) >= 11 is 0. The number of nitrogens with one attached hydrogen (secondary N) is 1. The summed E-state index contributed by atoms with van der Waals surface area (Å²) in [4.78, 5) is 8.42. The van der Waals surface area contributed by atoms with Crippen LogP contribution in [0.5, 0.6) is 0 Å². The van der Waals surface area contributed by atoms with Crippen LogP contribution in [0.25, 0.3) is 11.4 Å². The Bertz CT molecular complexity index is 624. The monoisotopic (exact) mass is 225 g/mol. The molecular formula is C12H11N5. The largest absolute Gasteiger partial charge is 0.346 e. The topological polar surface area (TPSA) is 55.1 Å². The van der Waals surface area contributed by atoms with Gasteiger partial charge in [-0.15, -0.1) is 0 Å². The number of fused-ring (bicyclic) bond motifs is 1. The molecule has 5 heteroatoms. The number of aromatic nitrogens is 3. The lowest BCUT2D eigenvalue weighted by molar-refractivity contribution is 0.865. The second-order valence-corrected chi connectivity index (χ2v) is 3.84. The smallest absolute Gasteiger partial charge is 0.166 e. The molecule has 0 saturated heterocycles. The van der Waals surface area contributed by atoms with E-state index >= 15 is 0 Å². The van der Waals surface area contributed by atoms with Gasteiger partial charge in [-0.1, -0.05) is 6.58 Å². The van der Waals surface area contributed by atoms with Crippen molar-refractivity contribution in [3.05, 3.63) is 42.4 Å². The van der Waals surface area contributed by atoms with E-state index in [2.05, 4.69) is 27.0 Å². The molecule has 1 aliphatic rings. The van der Waals surface area contributed by atoms with Crippen molar-refractivity contribution >= 4 is 17.9 Å². The van der Waals surface area contributed by atoms with Crippen LogP contribution in [0.3, 0.4) is 0 Å². The Morgan fingerprint density at radius 2 is 2.24 bits per heavy atom. The van der Waals surface area contributed by atoms with Crippen LogP contribution < -0.4 is 5.32 Å². The molecule has 0 fully saturated rings. The Morgan fingerprint density at radius 3 is 3.06 bits per heavy atom. The van der Waals surface area contributed by atoms with E-state index in [0.717, 1.165) is 28.3 Å². The van der Waals surface area contributed by atoms with Crippen molar-refractivity contribution in [1.82, 2.24) is 20.1 Å². The molecule has 5 nitrogen and oxygen atoms in total. The van der Waals surface area contributed by atoms with Gasteiger partial charge in [-0.25, -0.2) is 9.67 Å². The maximum atomic E-state index is 4.34. The van der Waals surface area contributed by atoms with Crippen LogP contribution in [-0.4, -0.2) is 21.1 Å². The van der Waals surface area contributed by atoms with Crippen molar-refractivity contribution in [3.8, 4) is 5.69 Å². The number of rotatable bonds is 1. The molecule has 3 rings (SSSR count). The minimum absolute atomic E-state index is 0.782. The second-order valence-electron chi connectivity index (χ2n) is 3.84. The minimum Gasteiger partial charge on any atom is -0.346 e. The number of nitrogens with zero attached hydrogens (tertiary/aromatic N) is 4. The molecule has 84 valence electrons. The second kappa shape index (κ2) is 3.55. The van der Waals surface area contributed by atoms with Crippen molar-refractivity contribution in [2.24, 2.45) is 4.99 Å². The summed E-state index contributed by atoms with van der Waals surface area (Å²) in [6.07, 6.45) is 6.92. The van der Waals surface area contributed by atoms with Crippen molar-refractivity contribution in [2.75, 3.05) is 0 Å². The highest BCUT2D eigenvalue weighted by Crippen LogP contribution is 2.29. The maximum Gasteiger partial charge on any atom is 0.166 e. The van der Waals surface area contributed by atoms with Gasteiger partial charge >= 0.3 is 0 Å². The van der Waals surface area contributed by atoms with Gasteiger partial charge in [0.25, 0.3) is 0 Å². The highest BCUT2D eigenvalue weighted by Gasteiger charge is 2.17. The van der Waals surface area contributed by atoms with Gasteiger partial charge in [0.1, 0.15) is 0 Å². The van der Waals surface area contributed by atoms with Gasteiger partial charge in [0.15, 0.2) is 5.82 Å².